The summed E-state index contributed by atoms with van der Waals surface area (Å²) in [6.07, 6.45) is 9.15. The normalized spacial score (nSPS) is 17.1. The van der Waals surface area contributed by atoms with E-state index < -0.39 is 5.54 Å². The monoisotopic (exact) mass is 895 g/mol. The van der Waals surface area contributed by atoms with Crippen LogP contribution < -0.4 is 0 Å². The lowest BCUT2D eigenvalue weighted by atomic mass is 9.77. The van der Waals surface area contributed by atoms with Crippen LogP contribution in [0.2, 0.25) is 0 Å². The van der Waals surface area contributed by atoms with Gasteiger partial charge in [0.1, 0.15) is 11.4 Å². The lowest BCUT2D eigenvalue weighted by Crippen LogP contribution is -2.44. The molecule has 4 heterocycles. The molecular weight excluding hydrogens is 855 g/mol. The summed E-state index contributed by atoms with van der Waals surface area (Å²) in [7, 11) is 0. The number of hydrogen-bond donors (Lipinski definition) is 0. The Morgan fingerprint density at radius 1 is 0.493 bits per heavy atom. The zero-order valence-electron chi connectivity index (χ0n) is 37.7. The van der Waals surface area contributed by atoms with Crippen molar-refractivity contribution in [2.75, 3.05) is 0 Å². The van der Waals surface area contributed by atoms with Gasteiger partial charge in [-0.3, -0.25) is 9.98 Å². The number of thiophene rings is 1. The Morgan fingerprint density at radius 3 is 1.78 bits per heavy atom. The molecule has 2 aromatic heterocycles. The van der Waals surface area contributed by atoms with Crippen molar-refractivity contribution in [3.8, 4) is 33.4 Å². The summed E-state index contributed by atoms with van der Waals surface area (Å²) < 4.78 is 1.29. The van der Waals surface area contributed by atoms with Crippen LogP contribution in [0, 0.1) is 0 Å². The molecule has 2 atom stereocenters. The SMILES string of the molecule is CC12N=C3c4sc5cc6ccccc6cc5c4C=C(c4ccc(-c5ccc(-c6ccc(-c7ccc8c(c7)ncc7ccccc78)cc6)c6ccccc56)cc4)N3C1C=Cc1cc3ccccc3cc12. The topological polar surface area (TPSA) is 28.5 Å². The highest BCUT2D eigenvalue weighted by Gasteiger charge is 2.51. The molecule has 0 N–H and O–H groups in total. The van der Waals surface area contributed by atoms with E-state index in [-0.39, 0.29) is 6.04 Å². The average molecular weight is 896 g/mol. The number of aromatic nitrogens is 1. The lowest BCUT2D eigenvalue weighted by molar-refractivity contribution is 0.358. The molecular formula is C65H41N3S. The van der Waals surface area contributed by atoms with Crippen LogP contribution in [-0.4, -0.2) is 21.8 Å². The summed E-state index contributed by atoms with van der Waals surface area (Å²) in [6.45, 7) is 2.34. The Hall–Kier alpha value is -8.44. The first-order chi connectivity index (χ1) is 34.0. The Morgan fingerprint density at radius 2 is 1.07 bits per heavy atom. The molecule has 1 aliphatic carbocycles. The second kappa shape index (κ2) is 14.5. The highest BCUT2D eigenvalue weighted by Crippen LogP contribution is 2.53. The van der Waals surface area contributed by atoms with Gasteiger partial charge in [-0.15, -0.1) is 11.3 Å². The zero-order chi connectivity index (χ0) is 45.4. The van der Waals surface area contributed by atoms with Crippen molar-refractivity contribution < 1.29 is 0 Å². The molecule has 4 heteroatoms. The fourth-order valence-corrected chi connectivity index (χ4v) is 12.9. The molecule has 69 heavy (non-hydrogen) atoms. The second-order valence-corrected chi connectivity index (χ2v) is 20.1. The van der Waals surface area contributed by atoms with E-state index in [1.54, 1.807) is 0 Å². The second-order valence-electron chi connectivity index (χ2n) is 19.1. The Labute approximate surface area is 403 Å². The van der Waals surface area contributed by atoms with Crippen molar-refractivity contribution in [2.24, 2.45) is 4.99 Å². The number of nitrogens with zero attached hydrogens (tertiary/aromatic N) is 3. The number of rotatable bonds is 4. The Kier molecular flexibility index (Phi) is 8.14. The van der Waals surface area contributed by atoms with Gasteiger partial charge in [0.25, 0.3) is 0 Å². The van der Waals surface area contributed by atoms with Crippen LogP contribution in [0.3, 0.4) is 0 Å². The van der Waals surface area contributed by atoms with Gasteiger partial charge in [-0.25, -0.2) is 0 Å². The van der Waals surface area contributed by atoms with Crippen molar-refractivity contribution in [2.45, 2.75) is 18.5 Å². The molecule has 0 amide bonds. The van der Waals surface area contributed by atoms with Gasteiger partial charge in [0, 0.05) is 32.6 Å². The largest absolute Gasteiger partial charge is 0.315 e. The number of aliphatic imine (C=N–C) groups is 1. The minimum absolute atomic E-state index is 0.0143. The van der Waals surface area contributed by atoms with Gasteiger partial charge in [0.15, 0.2) is 0 Å². The van der Waals surface area contributed by atoms with Gasteiger partial charge in [-0.2, -0.15) is 0 Å². The molecule has 0 radical (unpaired) electrons. The molecule has 0 bridgehead atoms. The van der Waals surface area contributed by atoms with Crippen LogP contribution in [0.4, 0.5) is 0 Å². The highest BCUT2D eigenvalue weighted by atomic mass is 32.1. The van der Waals surface area contributed by atoms with Crippen molar-refractivity contribution in [1.82, 2.24) is 9.88 Å². The van der Waals surface area contributed by atoms with Crippen molar-refractivity contribution in [3.63, 3.8) is 0 Å². The Balaban J connectivity index is 0.807. The third-order valence-corrected chi connectivity index (χ3v) is 16.4. The first-order valence-electron chi connectivity index (χ1n) is 23.8. The van der Waals surface area contributed by atoms with E-state index in [1.165, 1.54) is 119 Å². The van der Waals surface area contributed by atoms with Crippen molar-refractivity contribution >= 4 is 99.1 Å². The summed E-state index contributed by atoms with van der Waals surface area (Å²) in [6, 6.07) is 73.7. The van der Waals surface area contributed by atoms with Crippen LogP contribution in [-0.2, 0) is 5.54 Å². The van der Waals surface area contributed by atoms with E-state index in [9.17, 15) is 0 Å². The molecule has 0 saturated heterocycles. The average Bonchev–Trinajstić information content (AvgIpc) is 3.93. The summed E-state index contributed by atoms with van der Waals surface area (Å²) in [5.74, 6) is 1.06. The number of pyridine rings is 1. The third kappa shape index (κ3) is 5.79. The summed E-state index contributed by atoms with van der Waals surface area (Å²) in [5.41, 5.74) is 13.9. The standard InChI is InChI=1S/C65H41N3S/c1-65-58-34-45-12-4-2-10-43(45)32-48(58)27-31-62(65)68-60(37-57-56-33-44-11-3-5-13-46(44)36-61(56)69-63(57)64(68)67-65)42-24-22-41(23-25-42)52-30-29-51(53-16-8-9-17-54(52)53)40-20-18-39(19-21-40)47-26-28-55-50-15-7-6-14-49(50)38-66-59(55)35-47/h2-38,62H,1H3. The van der Waals surface area contributed by atoms with Gasteiger partial charge < -0.3 is 4.90 Å². The first-order valence-corrected chi connectivity index (χ1v) is 24.6. The van der Waals surface area contributed by atoms with E-state index in [1.807, 2.05) is 17.5 Å². The molecule has 10 aromatic carbocycles. The van der Waals surface area contributed by atoms with E-state index in [2.05, 4.69) is 230 Å². The quantitative estimate of drug-likeness (QED) is 0.165. The summed E-state index contributed by atoms with van der Waals surface area (Å²) >= 11 is 1.87. The van der Waals surface area contributed by atoms with Gasteiger partial charge in [-0.1, -0.05) is 182 Å². The zero-order valence-corrected chi connectivity index (χ0v) is 38.5. The van der Waals surface area contributed by atoms with Gasteiger partial charge in [-0.05, 0) is 131 Å². The van der Waals surface area contributed by atoms with Crippen LogP contribution in [0.5, 0.6) is 0 Å². The maximum absolute atomic E-state index is 5.82. The minimum Gasteiger partial charge on any atom is -0.315 e. The van der Waals surface area contributed by atoms with Gasteiger partial charge in [0.05, 0.1) is 22.1 Å². The lowest BCUT2D eigenvalue weighted by Gasteiger charge is -2.39. The molecule has 2 unspecified atom stereocenters. The predicted octanol–water partition coefficient (Wildman–Crippen LogP) is 16.9. The molecule has 322 valence electrons. The maximum Gasteiger partial charge on any atom is 0.148 e. The molecule has 0 saturated carbocycles. The van der Waals surface area contributed by atoms with Crippen molar-refractivity contribution in [3.05, 3.63) is 240 Å². The number of fused-ring (bicyclic) bond motifs is 15. The van der Waals surface area contributed by atoms with E-state index in [0.717, 1.165) is 16.7 Å². The number of amidine groups is 1. The van der Waals surface area contributed by atoms with Crippen LogP contribution in [0.1, 0.15) is 34.1 Å². The number of benzene rings is 10. The van der Waals surface area contributed by atoms with Crippen LogP contribution >= 0.6 is 11.3 Å². The molecule has 15 rings (SSSR count). The minimum atomic E-state index is -0.477. The van der Waals surface area contributed by atoms with E-state index >= 15 is 0 Å². The van der Waals surface area contributed by atoms with Crippen LogP contribution in [0.15, 0.2) is 217 Å². The molecule has 12 aromatic rings. The fourth-order valence-electron chi connectivity index (χ4n) is 11.7. The van der Waals surface area contributed by atoms with E-state index in [4.69, 9.17) is 9.98 Å². The summed E-state index contributed by atoms with van der Waals surface area (Å²) in [5, 5.41) is 12.4. The predicted molar refractivity (Wildman–Crippen MR) is 293 cm³/mol. The van der Waals surface area contributed by atoms with Gasteiger partial charge >= 0.3 is 0 Å². The molecule has 0 spiro atoms. The smallest absolute Gasteiger partial charge is 0.148 e. The molecule has 0 fully saturated rings. The van der Waals surface area contributed by atoms with Crippen molar-refractivity contribution in [1.29, 1.82) is 0 Å². The molecule has 2 aliphatic heterocycles. The molecule has 3 nitrogen and oxygen atoms in total. The fraction of sp³-hybridized carbons (Fsp3) is 0.0462. The van der Waals surface area contributed by atoms with Crippen LogP contribution in [0.25, 0.3) is 115 Å². The van der Waals surface area contributed by atoms with E-state index in [0.29, 0.717) is 0 Å². The highest BCUT2D eigenvalue weighted by molar-refractivity contribution is 7.21. The number of hydrogen-bond acceptors (Lipinski definition) is 4. The Bertz CT molecular complexity index is 4270. The molecule has 3 aliphatic rings. The third-order valence-electron chi connectivity index (χ3n) is 15.2. The summed E-state index contributed by atoms with van der Waals surface area (Å²) in [4.78, 5) is 14.4. The van der Waals surface area contributed by atoms with Gasteiger partial charge in [0.2, 0.25) is 0 Å². The first kappa shape index (κ1) is 38.6. The maximum atomic E-state index is 5.82.